The van der Waals surface area contributed by atoms with Gasteiger partial charge in [-0.3, -0.25) is 14.4 Å². The molecule has 0 bridgehead atoms. The van der Waals surface area contributed by atoms with Gasteiger partial charge in [0.25, 0.3) is 0 Å². The average Bonchev–Trinajstić information content (AvgIpc) is 2.79. The number of carbonyl (C=O) groups excluding carboxylic acids is 4. The number of amides is 4. The molecule has 12 nitrogen and oxygen atoms in total. The van der Waals surface area contributed by atoms with Gasteiger partial charge in [-0.1, -0.05) is 30.3 Å². The highest BCUT2D eigenvalue weighted by atomic mass is 16.5. The van der Waals surface area contributed by atoms with Gasteiger partial charge >= 0.3 is 12.1 Å². The quantitative estimate of drug-likeness (QED) is 0.191. The zero-order valence-electron chi connectivity index (χ0n) is 17.6. The Hall–Kier alpha value is -3.67. The van der Waals surface area contributed by atoms with Crippen LogP contribution in [0.3, 0.4) is 0 Å². The van der Waals surface area contributed by atoms with Crippen molar-refractivity contribution in [3.05, 3.63) is 35.9 Å². The van der Waals surface area contributed by atoms with E-state index < -0.39 is 35.8 Å². The Morgan fingerprint density at radius 1 is 0.906 bits per heavy atom. The maximum absolute atomic E-state index is 11.8. The molecule has 12 heteroatoms. The molecule has 0 fully saturated rings. The summed E-state index contributed by atoms with van der Waals surface area (Å²) in [5.74, 6) is -2.63. The minimum Gasteiger partial charge on any atom is -0.480 e. The number of ether oxygens (including phenoxy) is 1. The van der Waals surface area contributed by atoms with Crippen molar-refractivity contribution >= 4 is 29.8 Å². The maximum atomic E-state index is 11.8. The second-order valence-corrected chi connectivity index (χ2v) is 6.70. The SMILES string of the molecule is NCC(=O)NCC(=O)NCC(=O)NCCCC[C@H](NC(=O)OCc1ccccc1)C(=O)O. The highest BCUT2D eigenvalue weighted by molar-refractivity contribution is 5.88. The van der Waals surface area contributed by atoms with Crippen LogP contribution in [0.1, 0.15) is 24.8 Å². The second-order valence-electron chi connectivity index (χ2n) is 6.70. The molecule has 0 saturated heterocycles. The summed E-state index contributed by atoms with van der Waals surface area (Å²) in [6, 6.07) is 7.87. The first kappa shape index (κ1) is 26.4. The number of rotatable bonds is 14. The number of benzene rings is 1. The van der Waals surface area contributed by atoms with Crippen LogP contribution in [0, 0.1) is 0 Å². The molecule has 1 aromatic rings. The van der Waals surface area contributed by atoms with Crippen LogP contribution in [-0.2, 0) is 30.5 Å². The van der Waals surface area contributed by atoms with Gasteiger partial charge < -0.3 is 36.8 Å². The third kappa shape index (κ3) is 12.1. The second kappa shape index (κ2) is 15.2. The maximum Gasteiger partial charge on any atom is 0.408 e. The lowest BCUT2D eigenvalue weighted by Crippen LogP contribution is -2.43. The lowest BCUT2D eigenvalue weighted by atomic mass is 10.1. The van der Waals surface area contributed by atoms with Crippen molar-refractivity contribution in [2.45, 2.75) is 31.9 Å². The first-order valence-electron chi connectivity index (χ1n) is 10.0. The van der Waals surface area contributed by atoms with E-state index >= 15 is 0 Å². The Labute approximate surface area is 185 Å². The van der Waals surface area contributed by atoms with E-state index in [-0.39, 0.29) is 39.2 Å². The molecule has 0 saturated carbocycles. The Morgan fingerprint density at radius 3 is 2.16 bits per heavy atom. The third-order valence-electron chi connectivity index (χ3n) is 4.12. The molecule has 0 radical (unpaired) electrons. The number of aliphatic carboxylic acids is 1. The molecule has 4 amide bonds. The van der Waals surface area contributed by atoms with Gasteiger partial charge in [0.15, 0.2) is 0 Å². The van der Waals surface area contributed by atoms with Crippen LogP contribution in [0.15, 0.2) is 30.3 Å². The highest BCUT2D eigenvalue weighted by Gasteiger charge is 2.20. The Balaban J connectivity index is 2.18. The number of alkyl carbamates (subject to hydrolysis) is 1. The highest BCUT2D eigenvalue weighted by Crippen LogP contribution is 2.04. The lowest BCUT2D eigenvalue weighted by molar-refractivity contribution is -0.139. The van der Waals surface area contributed by atoms with Gasteiger partial charge in [0.2, 0.25) is 17.7 Å². The lowest BCUT2D eigenvalue weighted by Gasteiger charge is -2.14. The molecular weight excluding hydrogens is 422 g/mol. The molecule has 176 valence electrons. The van der Waals surface area contributed by atoms with Gasteiger partial charge in [0.1, 0.15) is 12.6 Å². The summed E-state index contributed by atoms with van der Waals surface area (Å²) >= 11 is 0. The summed E-state index contributed by atoms with van der Waals surface area (Å²) in [5, 5.41) is 18.7. The molecule has 0 heterocycles. The van der Waals surface area contributed by atoms with E-state index in [0.717, 1.165) is 5.56 Å². The minimum atomic E-state index is -1.19. The van der Waals surface area contributed by atoms with Crippen LogP contribution in [0.4, 0.5) is 4.79 Å². The molecule has 0 aliphatic rings. The van der Waals surface area contributed by atoms with Gasteiger partial charge in [0, 0.05) is 6.54 Å². The molecule has 32 heavy (non-hydrogen) atoms. The molecule has 1 atom stereocenters. The van der Waals surface area contributed by atoms with Crippen LogP contribution in [0.25, 0.3) is 0 Å². The number of hydrogen-bond donors (Lipinski definition) is 6. The topological polar surface area (TPSA) is 189 Å². The number of carboxylic acids is 1. The number of nitrogens with one attached hydrogen (secondary N) is 4. The predicted molar refractivity (Wildman–Crippen MR) is 113 cm³/mol. The van der Waals surface area contributed by atoms with E-state index in [1.165, 1.54) is 0 Å². The molecule has 0 aliphatic heterocycles. The fourth-order valence-electron chi connectivity index (χ4n) is 2.42. The molecule has 0 aliphatic carbocycles. The first-order valence-corrected chi connectivity index (χ1v) is 10.0. The van der Waals surface area contributed by atoms with E-state index in [9.17, 15) is 29.1 Å². The van der Waals surface area contributed by atoms with Crippen molar-refractivity contribution in [2.75, 3.05) is 26.2 Å². The Morgan fingerprint density at radius 2 is 1.53 bits per heavy atom. The van der Waals surface area contributed by atoms with Crippen LogP contribution < -0.4 is 27.0 Å². The van der Waals surface area contributed by atoms with E-state index in [1.54, 1.807) is 24.3 Å². The van der Waals surface area contributed by atoms with Crippen LogP contribution >= 0.6 is 0 Å². The minimum absolute atomic E-state index is 0.0287. The normalized spacial score (nSPS) is 11.0. The van der Waals surface area contributed by atoms with Crippen molar-refractivity contribution in [1.82, 2.24) is 21.3 Å². The predicted octanol–water partition coefficient (Wildman–Crippen LogP) is -1.16. The summed E-state index contributed by atoms with van der Waals surface area (Å²) in [6.45, 7) is -0.476. The van der Waals surface area contributed by atoms with Gasteiger partial charge in [0.05, 0.1) is 19.6 Å². The van der Waals surface area contributed by atoms with Crippen molar-refractivity contribution in [3.63, 3.8) is 0 Å². The number of nitrogens with two attached hydrogens (primary N) is 1. The Kier molecular flexibility index (Phi) is 12.5. The van der Waals surface area contributed by atoms with Crippen molar-refractivity contribution in [3.8, 4) is 0 Å². The summed E-state index contributed by atoms with van der Waals surface area (Å²) < 4.78 is 5.02. The van der Waals surface area contributed by atoms with Gasteiger partial charge in [-0.15, -0.1) is 0 Å². The zero-order chi connectivity index (χ0) is 23.8. The fraction of sp³-hybridized carbons (Fsp3) is 0.450. The van der Waals surface area contributed by atoms with Crippen molar-refractivity contribution < 1.29 is 33.8 Å². The van der Waals surface area contributed by atoms with E-state index in [1.807, 2.05) is 6.07 Å². The van der Waals surface area contributed by atoms with Crippen LogP contribution in [0.5, 0.6) is 0 Å². The van der Waals surface area contributed by atoms with Crippen LogP contribution in [0.2, 0.25) is 0 Å². The first-order chi connectivity index (χ1) is 15.3. The van der Waals surface area contributed by atoms with Gasteiger partial charge in [-0.05, 0) is 24.8 Å². The molecule has 0 spiro atoms. The monoisotopic (exact) mass is 451 g/mol. The van der Waals surface area contributed by atoms with Crippen molar-refractivity contribution in [2.24, 2.45) is 5.73 Å². The van der Waals surface area contributed by atoms with E-state index in [2.05, 4.69) is 21.3 Å². The number of hydrogen-bond acceptors (Lipinski definition) is 7. The summed E-state index contributed by atoms with van der Waals surface area (Å²) in [7, 11) is 0. The van der Waals surface area contributed by atoms with E-state index in [0.29, 0.717) is 12.8 Å². The third-order valence-corrected chi connectivity index (χ3v) is 4.12. The summed E-state index contributed by atoms with van der Waals surface area (Å²) in [5.41, 5.74) is 5.87. The fourth-order valence-corrected chi connectivity index (χ4v) is 2.42. The summed E-state index contributed by atoms with van der Waals surface area (Å²) in [6.07, 6.45) is 0.223. The number of unbranched alkanes of at least 4 members (excludes halogenated alkanes) is 1. The molecular formula is C20H29N5O7. The number of carboxylic acid groups (broad SMARTS) is 1. The standard InChI is InChI=1S/C20H29N5O7/c21-10-16(26)23-12-18(28)24-11-17(27)22-9-5-4-8-15(19(29)30)25-20(31)32-13-14-6-2-1-3-7-14/h1-3,6-7,15H,4-5,8-13,21H2,(H,22,27)(H,23,26)(H,24,28)(H,25,31)(H,29,30)/t15-/m0/s1. The summed E-state index contributed by atoms with van der Waals surface area (Å²) in [4.78, 5) is 57.2. The largest absolute Gasteiger partial charge is 0.480 e. The Bertz CT molecular complexity index is 773. The van der Waals surface area contributed by atoms with E-state index in [4.69, 9.17) is 10.5 Å². The van der Waals surface area contributed by atoms with Crippen LogP contribution in [-0.4, -0.2) is 67.1 Å². The zero-order valence-corrected chi connectivity index (χ0v) is 17.6. The molecule has 7 N–H and O–H groups in total. The van der Waals surface area contributed by atoms with Gasteiger partial charge in [-0.2, -0.15) is 0 Å². The average molecular weight is 451 g/mol. The molecule has 1 aromatic carbocycles. The van der Waals surface area contributed by atoms with Crippen molar-refractivity contribution in [1.29, 1.82) is 0 Å². The molecule has 1 rings (SSSR count). The number of carbonyl (C=O) groups is 5. The molecule has 0 aromatic heterocycles. The smallest absolute Gasteiger partial charge is 0.408 e. The van der Waals surface area contributed by atoms with Gasteiger partial charge in [-0.25, -0.2) is 9.59 Å². The molecule has 0 unspecified atom stereocenters.